The first-order chi connectivity index (χ1) is 14.3. The van der Waals surface area contributed by atoms with Gasteiger partial charge < -0.3 is 4.74 Å². The van der Waals surface area contributed by atoms with Crippen molar-refractivity contribution in [3.05, 3.63) is 95.1 Å². The summed E-state index contributed by atoms with van der Waals surface area (Å²) in [4.78, 5) is 0. The van der Waals surface area contributed by atoms with Gasteiger partial charge >= 0.3 is 0 Å². The Morgan fingerprint density at radius 1 is 0.833 bits per heavy atom. The maximum absolute atomic E-state index is 6.62. The van der Waals surface area contributed by atoms with E-state index in [-0.39, 0.29) is 5.41 Å². The van der Waals surface area contributed by atoms with Gasteiger partial charge in [0.05, 0.1) is 0 Å². The Morgan fingerprint density at radius 2 is 1.53 bits per heavy atom. The van der Waals surface area contributed by atoms with Crippen molar-refractivity contribution in [2.24, 2.45) is 0 Å². The van der Waals surface area contributed by atoms with Gasteiger partial charge in [0.15, 0.2) is 0 Å². The highest BCUT2D eigenvalue weighted by Crippen LogP contribution is 2.32. The lowest BCUT2D eigenvalue weighted by Gasteiger charge is -2.32. The molecule has 0 saturated heterocycles. The average molecular weight is 413 g/mol. The van der Waals surface area contributed by atoms with Crippen molar-refractivity contribution in [2.75, 3.05) is 0 Å². The minimum absolute atomic E-state index is 0.0189. The van der Waals surface area contributed by atoms with Crippen molar-refractivity contribution in [1.82, 2.24) is 0 Å². The number of allylic oxidation sites excluding steroid dienone is 1. The molecule has 2 heteroatoms. The number of para-hydroxylation sites is 1. The quantitative estimate of drug-likeness (QED) is 0.470. The molecule has 0 aromatic heterocycles. The van der Waals surface area contributed by atoms with E-state index in [2.05, 4.69) is 113 Å². The minimum atomic E-state index is -1.98. The molecule has 0 N–H and O–H groups in total. The van der Waals surface area contributed by atoms with Crippen molar-refractivity contribution < 1.29 is 4.74 Å². The maximum Gasteiger partial charge on any atom is 0.123 e. The number of hydrogen-bond acceptors (Lipinski definition) is 1. The summed E-state index contributed by atoms with van der Waals surface area (Å²) in [6.07, 6.45) is 5.65. The first kappa shape index (κ1) is 20.7. The van der Waals surface area contributed by atoms with Gasteiger partial charge in [-0.15, -0.1) is 0 Å². The van der Waals surface area contributed by atoms with Crippen LogP contribution in [0.15, 0.2) is 72.8 Å². The highest BCUT2D eigenvalue weighted by atomic mass is 28.3. The van der Waals surface area contributed by atoms with Crippen LogP contribution in [0.1, 0.15) is 43.0 Å². The maximum atomic E-state index is 6.62. The van der Waals surface area contributed by atoms with Crippen LogP contribution in [0.4, 0.5) is 0 Å². The number of ether oxygens (including phenoxy) is 1. The molecule has 1 aliphatic carbocycles. The van der Waals surface area contributed by atoms with Gasteiger partial charge in [0.1, 0.15) is 20.4 Å². The van der Waals surface area contributed by atoms with Crippen LogP contribution in [0, 0.1) is 0 Å². The largest absolute Gasteiger partial charge is 0.489 e. The van der Waals surface area contributed by atoms with Crippen LogP contribution in [0.3, 0.4) is 0 Å². The van der Waals surface area contributed by atoms with Gasteiger partial charge in [-0.25, -0.2) is 0 Å². The van der Waals surface area contributed by atoms with Crippen LogP contribution in [0.25, 0.3) is 6.08 Å². The molecule has 4 rings (SSSR count). The summed E-state index contributed by atoms with van der Waals surface area (Å²) >= 11 is 0. The standard InChI is InChI=1S/C28H32OSi/c1-28(2,3)24-17-11-19-26(27(24)29-20-21-12-7-6-8-13-21)30(4,5)25-18-10-15-22-14-9-16-23(22)25/h6-13,15-19H,14,20H2,1-5H3. The van der Waals surface area contributed by atoms with Crippen LogP contribution >= 0.6 is 0 Å². The summed E-state index contributed by atoms with van der Waals surface area (Å²) in [7, 11) is -1.98. The smallest absolute Gasteiger partial charge is 0.123 e. The van der Waals surface area contributed by atoms with Crippen LogP contribution in [-0.4, -0.2) is 8.07 Å². The second-order valence-corrected chi connectivity index (χ2v) is 14.1. The highest BCUT2D eigenvalue weighted by molar-refractivity contribution is 7.01. The lowest BCUT2D eigenvalue weighted by atomic mass is 9.86. The van der Waals surface area contributed by atoms with E-state index in [1.165, 1.54) is 32.6 Å². The Morgan fingerprint density at radius 3 is 2.27 bits per heavy atom. The van der Waals surface area contributed by atoms with Gasteiger partial charge in [-0.2, -0.15) is 0 Å². The lowest BCUT2D eigenvalue weighted by molar-refractivity contribution is 0.300. The zero-order chi connectivity index (χ0) is 21.4. The van der Waals surface area contributed by atoms with Crippen molar-refractivity contribution in [2.45, 2.75) is 52.3 Å². The van der Waals surface area contributed by atoms with E-state index in [0.29, 0.717) is 6.61 Å². The summed E-state index contributed by atoms with van der Waals surface area (Å²) in [5.74, 6) is 1.09. The number of hydrogen-bond donors (Lipinski definition) is 0. The molecule has 0 atom stereocenters. The fraction of sp³-hybridized carbons (Fsp3) is 0.286. The van der Waals surface area contributed by atoms with E-state index in [1.807, 2.05) is 0 Å². The van der Waals surface area contributed by atoms with Gasteiger partial charge in [-0.3, -0.25) is 0 Å². The summed E-state index contributed by atoms with van der Waals surface area (Å²) in [5.41, 5.74) is 5.40. The summed E-state index contributed by atoms with van der Waals surface area (Å²) in [6.45, 7) is 12.4. The molecule has 154 valence electrons. The Kier molecular flexibility index (Phi) is 5.46. The molecule has 3 aromatic rings. The third-order valence-corrected chi connectivity index (χ3v) is 9.74. The molecule has 0 spiro atoms. The Bertz CT molecular complexity index is 1070. The van der Waals surface area contributed by atoms with E-state index >= 15 is 0 Å². The van der Waals surface area contributed by atoms with Crippen LogP contribution in [-0.2, 0) is 18.4 Å². The second-order valence-electron chi connectivity index (χ2n) is 9.82. The molecule has 0 saturated carbocycles. The predicted molar refractivity (Wildman–Crippen MR) is 132 cm³/mol. The van der Waals surface area contributed by atoms with E-state index in [0.717, 1.165) is 12.2 Å². The number of rotatable bonds is 5. The molecule has 0 radical (unpaired) electrons. The van der Waals surface area contributed by atoms with E-state index in [4.69, 9.17) is 4.74 Å². The molecule has 0 bridgehead atoms. The molecule has 30 heavy (non-hydrogen) atoms. The first-order valence-corrected chi connectivity index (χ1v) is 13.9. The summed E-state index contributed by atoms with van der Waals surface area (Å²) in [6, 6.07) is 24.1. The SMILES string of the molecule is CC(C)(C)c1cccc([Si](C)(C)c2cccc3c2C=CC3)c1OCc1ccccc1. The molecule has 0 unspecified atom stereocenters. The zero-order valence-electron chi connectivity index (χ0n) is 18.8. The molecule has 0 amide bonds. The Hall–Kier alpha value is -2.58. The molecule has 0 heterocycles. The predicted octanol–water partition coefficient (Wildman–Crippen LogP) is 5.96. The molecule has 3 aromatic carbocycles. The fourth-order valence-corrected chi connectivity index (χ4v) is 7.49. The highest BCUT2D eigenvalue weighted by Gasteiger charge is 2.34. The Labute approximate surface area is 182 Å². The average Bonchev–Trinajstić information content (AvgIpc) is 3.21. The van der Waals surface area contributed by atoms with Crippen LogP contribution in [0.2, 0.25) is 13.1 Å². The number of benzene rings is 3. The van der Waals surface area contributed by atoms with E-state index in [9.17, 15) is 0 Å². The molecule has 1 nitrogen and oxygen atoms in total. The van der Waals surface area contributed by atoms with Crippen molar-refractivity contribution in [3.63, 3.8) is 0 Å². The van der Waals surface area contributed by atoms with Gasteiger partial charge in [0, 0.05) is 0 Å². The van der Waals surface area contributed by atoms with Crippen molar-refractivity contribution >= 4 is 24.5 Å². The lowest BCUT2D eigenvalue weighted by Crippen LogP contribution is -2.54. The molecule has 0 aliphatic heterocycles. The third kappa shape index (κ3) is 3.89. The monoisotopic (exact) mass is 412 g/mol. The van der Waals surface area contributed by atoms with Crippen molar-refractivity contribution in [1.29, 1.82) is 0 Å². The van der Waals surface area contributed by atoms with Gasteiger partial charge in [-0.1, -0.05) is 113 Å². The normalized spacial score (nSPS) is 13.4. The second kappa shape index (κ2) is 7.92. The number of fused-ring (bicyclic) bond motifs is 1. The zero-order valence-corrected chi connectivity index (χ0v) is 19.8. The van der Waals surface area contributed by atoms with E-state index < -0.39 is 8.07 Å². The van der Waals surface area contributed by atoms with Gasteiger partial charge in [-0.05, 0) is 44.5 Å². The van der Waals surface area contributed by atoms with Gasteiger partial charge in [0.25, 0.3) is 0 Å². The van der Waals surface area contributed by atoms with Crippen LogP contribution < -0.4 is 15.1 Å². The van der Waals surface area contributed by atoms with Crippen molar-refractivity contribution in [3.8, 4) is 5.75 Å². The summed E-state index contributed by atoms with van der Waals surface area (Å²) in [5, 5.41) is 2.89. The molecule has 0 fully saturated rings. The van der Waals surface area contributed by atoms with E-state index in [1.54, 1.807) is 0 Å². The molecular formula is C28H32OSi. The Balaban J connectivity index is 1.83. The summed E-state index contributed by atoms with van der Waals surface area (Å²) < 4.78 is 6.62. The van der Waals surface area contributed by atoms with Crippen LogP contribution in [0.5, 0.6) is 5.75 Å². The third-order valence-electron chi connectivity index (χ3n) is 6.21. The van der Waals surface area contributed by atoms with Gasteiger partial charge in [0.2, 0.25) is 0 Å². The molecule has 1 aliphatic rings. The minimum Gasteiger partial charge on any atom is -0.489 e. The fourth-order valence-electron chi connectivity index (χ4n) is 4.49. The molecular weight excluding hydrogens is 380 g/mol. The topological polar surface area (TPSA) is 9.23 Å². The first-order valence-electron chi connectivity index (χ1n) is 10.9.